The number of carbonyl (C=O) groups is 1. The zero-order valence-corrected chi connectivity index (χ0v) is 16.8. The summed E-state index contributed by atoms with van der Waals surface area (Å²) in [4.78, 5) is 21.1. The van der Waals surface area contributed by atoms with Gasteiger partial charge in [-0.2, -0.15) is 0 Å². The minimum atomic E-state index is -3.72. The van der Waals surface area contributed by atoms with Gasteiger partial charge < -0.3 is 11.1 Å². The molecule has 0 radical (unpaired) electrons. The van der Waals surface area contributed by atoms with Gasteiger partial charge in [0.05, 0.1) is 33.4 Å². The molecule has 2 heterocycles. The molecule has 3 aromatic rings. The number of anilines is 2. The van der Waals surface area contributed by atoms with E-state index in [1.807, 2.05) is 0 Å². The van der Waals surface area contributed by atoms with Crippen LogP contribution >= 0.6 is 11.3 Å². The molecule has 0 aliphatic rings. The van der Waals surface area contributed by atoms with E-state index in [0.717, 1.165) is 4.88 Å². The zero-order chi connectivity index (χ0) is 20.3. The summed E-state index contributed by atoms with van der Waals surface area (Å²) in [7, 11) is -3.72. The summed E-state index contributed by atoms with van der Waals surface area (Å²) in [5, 5.41) is 3.08. The molecule has 0 aliphatic heterocycles. The highest BCUT2D eigenvalue weighted by molar-refractivity contribution is 7.92. The standard InChI is InChI=1S/C18H19N5O3S2/c1-11(19)17(24)22-18-21-12(2)16(27-18)13-8-14(10-20-9-13)23-28(25,26)15-6-4-3-5-7-15/h3-11,23H,19H2,1-2H3,(H,21,22,24)/t11-/m1/s1. The van der Waals surface area contributed by atoms with Crippen LogP contribution in [0, 0.1) is 6.92 Å². The highest BCUT2D eigenvalue weighted by Gasteiger charge is 2.17. The van der Waals surface area contributed by atoms with Gasteiger partial charge in [-0.3, -0.25) is 14.5 Å². The monoisotopic (exact) mass is 417 g/mol. The molecule has 28 heavy (non-hydrogen) atoms. The number of sulfonamides is 1. The number of hydrogen-bond acceptors (Lipinski definition) is 7. The molecular formula is C18H19N5O3S2. The van der Waals surface area contributed by atoms with E-state index < -0.39 is 16.1 Å². The maximum absolute atomic E-state index is 12.5. The number of carbonyl (C=O) groups excluding carboxylic acids is 1. The fourth-order valence-corrected chi connectivity index (χ4v) is 4.38. The normalized spacial score (nSPS) is 12.4. The molecule has 0 fully saturated rings. The molecule has 0 unspecified atom stereocenters. The maximum Gasteiger partial charge on any atom is 0.261 e. The van der Waals surface area contributed by atoms with Crippen molar-refractivity contribution in [2.75, 3.05) is 10.0 Å². The van der Waals surface area contributed by atoms with Gasteiger partial charge in [-0.1, -0.05) is 29.5 Å². The lowest BCUT2D eigenvalue weighted by Crippen LogP contribution is -2.32. The van der Waals surface area contributed by atoms with Crippen LogP contribution in [0.3, 0.4) is 0 Å². The van der Waals surface area contributed by atoms with Crippen molar-refractivity contribution in [2.24, 2.45) is 5.73 Å². The molecule has 1 aromatic carbocycles. The number of benzene rings is 1. The van der Waals surface area contributed by atoms with Crippen molar-refractivity contribution >= 4 is 38.1 Å². The molecule has 2 aromatic heterocycles. The molecule has 1 amide bonds. The van der Waals surface area contributed by atoms with Crippen LogP contribution in [-0.4, -0.2) is 30.3 Å². The highest BCUT2D eigenvalue weighted by Crippen LogP contribution is 2.33. The van der Waals surface area contributed by atoms with Crippen molar-refractivity contribution in [3.05, 3.63) is 54.5 Å². The summed E-state index contributed by atoms with van der Waals surface area (Å²) in [6.07, 6.45) is 3.04. The average molecular weight is 418 g/mol. The first-order valence-corrected chi connectivity index (χ1v) is 10.6. The fraction of sp³-hybridized carbons (Fsp3) is 0.167. The fourth-order valence-electron chi connectivity index (χ4n) is 2.37. The van der Waals surface area contributed by atoms with Crippen molar-refractivity contribution in [1.29, 1.82) is 0 Å². The van der Waals surface area contributed by atoms with E-state index in [9.17, 15) is 13.2 Å². The topological polar surface area (TPSA) is 127 Å². The Kier molecular flexibility index (Phi) is 5.73. The lowest BCUT2D eigenvalue weighted by atomic mass is 10.2. The number of amides is 1. The summed E-state index contributed by atoms with van der Waals surface area (Å²) in [6, 6.07) is 9.11. The van der Waals surface area contributed by atoms with E-state index >= 15 is 0 Å². The Bertz CT molecular complexity index is 1100. The Morgan fingerprint density at radius 1 is 1.21 bits per heavy atom. The second-order valence-electron chi connectivity index (χ2n) is 6.09. The summed E-state index contributed by atoms with van der Waals surface area (Å²) in [5.41, 5.74) is 7.26. The molecule has 10 heteroatoms. The third-order valence-corrected chi connectivity index (χ3v) is 6.27. The highest BCUT2D eigenvalue weighted by atomic mass is 32.2. The summed E-state index contributed by atoms with van der Waals surface area (Å²) < 4.78 is 27.5. The van der Waals surface area contributed by atoms with E-state index in [2.05, 4.69) is 20.0 Å². The van der Waals surface area contributed by atoms with Crippen molar-refractivity contribution in [1.82, 2.24) is 9.97 Å². The number of thiazole rings is 1. The Morgan fingerprint density at radius 3 is 2.61 bits per heavy atom. The second-order valence-corrected chi connectivity index (χ2v) is 8.77. The molecule has 0 saturated heterocycles. The van der Waals surface area contributed by atoms with Gasteiger partial charge in [0.2, 0.25) is 5.91 Å². The zero-order valence-electron chi connectivity index (χ0n) is 15.2. The van der Waals surface area contributed by atoms with Gasteiger partial charge in [0.1, 0.15) is 0 Å². The van der Waals surface area contributed by atoms with E-state index in [4.69, 9.17) is 5.73 Å². The van der Waals surface area contributed by atoms with Crippen LogP contribution in [0.25, 0.3) is 10.4 Å². The number of nitrogens with zero attached hydrogens (tertiary/aromatic N) is 2. The first-order valence-electron chi connectivity index (χ1n) is 8.33. The van der Waals surface area contributed by atoms with E-state index in [1.54, 1.807) is 44.3 Å². The SMILES string of the molecule is Cc1nc(NC(=O)[C@@H](C)N)sc1-c1cncc(NS(=O)(=O)c2ccccc2)c1. The van der Waals surface area contributed by atoms with Gasteiger partial charge in [-0.05, 0) is 32.0 Å². The van der Waals surface area contributed by atoms with Gasteiger partial charge >= 0.3 is 0 Å². The number of rotatable bonds is 6. The molecule has 3 rings (SSSR count). The van der Waals surface area contributed by atoms with Crippen LogP contribution < -0.4 is 15.8 Å². The molecule has 4 N–H and O–H groups in total. The quantitative estimate of drug-likeness (QED) is 0.566. The van der Waals surface area contributed by atoms with Gasteiger partial charge in [-0.15, -0.1) is 0 Å². The van der Waals surface area contributed by atoms with Crippen LogP contribution in [0.5, 0.6) is 0 Å². The third kappa shape index (κ3) is 4.53. The Morgan fingerprint density at radius 2 is 1.93 bits per heavy atom. The first-order chi connectivity index (χ1) is 13.3. The number of aryl methyl sites for hydroxylation is 1. The molecule has 146 valence electrons. The van der Waals surface area contributed by atoms with Gasteiger partial charge in [0.15, 0.2) is 5.13 Å². The number of nitrogens with one attached hydrogen (secondary N) is 2. The van der Waals surface area contributed by atoms with Gasteiger partial charge in [0, 0.05) is 11.8 Å². The van der Waals surface area contributed by atoms with E-state index in [0.29, 0.717) is 22.1 Å². The number of pyridine rings is 1. The summed E-state index contributed by atoms with van der Waals surface area (Å²) in [6.45, 7) is 3.39. The Hall–Kier alpha value is -2.82. The lowest BCUT2D eigenvalue weighted by molar-refractivity contribution is -0.117. The van der Waals surface area contributed by atoms with Crippen LogP contribution in [0.15, 0.2) is 53.7 Å². The summed E-state index contributed by atoms with van der Waals surface area (Å²) in [5.74, 6) is -0.331. The maximum atomic E-state index is 12.5. The van der Waals surface area contributed by atoms with Crippen LogP contribution in [0.2, 0.25) is 0 Å². The first kappa shape index (κ1) is 19.9. The van der Waals surface area contributed by atoms with E-state index in [1.165, 1.54) is 29.7 Å². The molecule has 0 bridgehead atoms. The summed E-state index contributed by atoms with van der Waals surface area (Å²) >= 11 is 1.27. The van der Waals surface area contributed by atoms with Crippen molar-refractivity contribution in [3.63, 3.8) is 0 Å². The molecular weight excluding hydrogens is 398 g/mol. The molecule has 1 atom stereocenters. The van der Waals surface area contributed by atoms with E-state index in [-0.39, 0.29) is 10.8 Å². The Labute approximate surface area is 166 Å². The second kappa shape index (κ2) is 8.05. The number of nitrogens with two attached hydrogens (primary N) is 1. The Balaban J connectivity index is 1.86. The van der Waals surface area contributed by atoms with Crippen molar-refractivity contribution in [2.45, 2.75) is 24.8 Å². The third-order valence-electron chi connectivity index (χ3n) is 3.75. The number of aromatic nitrogens is 2. The smallest absolute Gasteiger partial charge is 0.261 e. The number of hydrogen-bond donors (Lipinski definition) is 3. The van der Waals surface area contributed by atoms with Crippen molar-refractivity contribution < 1.29 is 13.2 Å². The minimum Gasteiger partial charge on any atom is -0.320 e. The lowest BCUT2D eigenvalue weighted by Gasteiger charge is -2.08. The average Bonchev–Trinajstić information content (AvgIpc) is 3.02. The van der Waals surface area contributed by atoms with Crippen LogP contribution in [0.1, 0.15) is 12.6 Å². The minimum absolute atomic E-state index is 0.162. The van der Waals surface area contributed by atoms with Crippen molar-refractivity contribution in [3.8, 4) is 10.4 Å². The molecule has 0 saturated carbocycles. The molecule has 0 spiro atoms. The van der Waals surface area contributed by atoms with Gasteiger partial charge in [-0.25, -0.2) is 13.4 Å². The predicted octanol–water partition coefficient (Wildman–Crippen LogP) is 2.60. The predicted molar refractivity (Wildman–Crippen MR) is 110 cm³/mol. The van der Waals surface area contributed by atoms with Gasteiger partial charge in [0.25, 0.3) is 10.0 Å². The molecule has 8 nitrogen and oxygen atoms in total. The van der Waals surface area contributed by atoms with Crippen LogP contribution in [0.4, 0.5) is 10.8 Å². The largest absolute Gasteiger partial charge is 0.320 e. The van der Waals surface area contributed by atoms with Crippen LogP contribution in [-0.2, 0) is 14.8 Å². The molecule has 0 aliphatic carbocycles.